The first-order chi connectivity index (χ1) is 8.27. The van der Waals surface area contributed by atoms with Crippen LogP contribution in [0.5, 0.6) is 0 Å². The topological polar surface area (TPSA) is 29.1 Å². The zero-order valence-electron chi connectivity index (χ0n) is 10.7. The Bertz CT molecular complexity index is 347. The number of allylic oxidation sites excluding steroid dienone is 1. The molecule has 1 amide bonds. The van der Waals surface area contributed by atoms with Crippen LogP contribution in [0.4, 0.5) is 0 Å². The van der Waals surface area contributed by atoms with Crippen molar-refractivity contribution >= 4 is 5.91 Å². The molecule has 0 bridgehead atoms. The number of carbonyl (C=O) groups excluding carboxylic acids is 1. The number of hydrogen-bond donors (Lipinski definition) is 1. The summed E-state index contributed by atoms with van der Waals surface area (Å²) in [5, 5.41) is 3.27. The van der Waals surface area contributed by atoms with Gasteiger partial charge in [0.25, 0.3) is 0 Å². The van der Waals surface area contributed by atoms with Crippen molar-refractivity contribution in [3.8, 4) is 0 Å². The number of carbonyl (C=O) groups is 1. The summed E-state index contributed by atoms with van der Waals surface area (Å²) in [4.78, 5) is 12.2. The summed E-state index contributed by atoms with van der Waals surface area (Å²) in [6, 6.07) is 0.462. The van der Waals surface area contributed by atoms with Gasteiger partial charge in [-0.2, -0.15) is 0 Å². The van der Waals surface area contributed by atoms with Crippen molar-refractivity contribution in [2.24, 2.45) is 17.8 Å². The van der Waals surface area contributed by atoms with Crippen LogP contribution in [-0.2, 0) is 4.79 Å². The minimum absolute atomic E-state index is 0.225. The highest BCUT2D eigenvalue weighted by Crippen LogP contribution is 2.43. The Morgan fingerprint density at radius 3 is 2.88 bits per heavy atom. The molecule has 0 radical (unpaired) electrons. The molecule has 1 N–H and O–H groups in total. The van der Waals surface area contributed by atoms with Crippen molar-refractivity contribution in [1.82, 2.24) is 5.32 Å². The lowest BCUT2D eigenvalue weighted by Gasteiger charge is -2.33. The maximum atomic E-state index is 12.2. The molecule has 3 rings (SSSR count). The van der Waals surface area contributed by atoms with Gasteiger partial charge in [0.05, 0.1) is 5.92 Å². The summed E-state index contributed by atoms with van der Waals surface area (Å²) in [5.41, 5.74) is 1.45. The van der Waals surface area contributed by atoms with E-state index in [2.05, 4.69) is 18.3 Å². The van der Waals surface area contributed by atoms with E-state index in [9.17, 15) is 4.79 Å². The highest BCUT2D eigenvalue weighted by atomic mass is 16.2. The molecule has 3 aliphatic rings. The van der Waals surface area contributed by atoms with Gasteiger partial charge in [-0.05, 0) is 50.4 Å². The summed E-state index contributed by atoms with van der Waals surface area (Å²) in [6.45, 7) is 2.30. The van der Waals surface area contributed by atoms with Crippen molar-refractivity contribution in [2.45, 2.75) is 57.9 Å². The molecule has 1 saturated carbocycles. The molecule has 2 nitrogen and oxygen atoms in total. The van der Waals surface area contributed by atoms with Crippen LogP contribution < -0.4 is 5.32 Å². The van der Waals surface area contributed by atoms with E-state index in [0.29, 0.717) is 23.8 Å². The Morgan fingerprint density at radius 2 is 2.12 bits per heavy atom. The van der Waals surface area contributed by atoms with Crippen molar-refractivity contribution < 1.29 is 4.79 Å². The fraction of sp³-hybridized carbons (Fsp3) is 0.800. The molecule has 4 unspecified atom stereocenters. The lowest BCUT2D eigenvalue weighted by molar-refractivity contribution is -0.122. The normalized spacial score (nSPS) is 41.7. The number of rotatable bonds is 1. The van der Waals surface area contributed by atoms with Crippen molar-refractivity contribution in [2.75, 3.05) is 0 Å². The van der Waals surface area contributed by atoms with Gasteiger partial charge in [0.2, 0.25) is 5.91 Å². The van der Waals surface area contributed by atoms with Gasteiger partial charge < -0.3 is 5.32 Å². The SMILES string of the molecule is CC1CCCC2C(C3=CCCCC3)C(=O)NC12. The van der Waals surface area contributed by atoms with Gasteiger partial charge in [-0.15, -0.1) is 0 Å². The zero-order chi connectivity index (χ0) is 11.8. The van der Waals surface area contributed by atoms with E-state index in [1.807, 2.05) is 0 Å². The van der Waals surface area contributed by atoms with E-state index >= 15 is 0 Å². The van der Waals surface area contributed by atoms with E-state index < -0.39 is 0 Å². The Balaban J connectivity index is 1.84. The average molecular weight is 233 g/mol. The molecule has 2 heteroatoms. The summed E-state index contributed by atoms with van der Waals surface area (Å²) in [6.07, 6.45) is 11.1. The van der Waals surface area contributed by atoms with Crippen LogP contribution in [0.1, 0.15) is 51.9 Å². The summed E-state index contributed by atoms with van der Waals surface area (Å²) >= 11 is 0. The molecule has 1 heterocycles. The molecule has 2 aliphatic carbocycles. The molecule has 4 atom stereocenters. The minimum Gasteiger partial charge on any atom is -0.352 e. The number of amides is 1. The lowest BCUT2D eigenvalue weighted by atomic mass is 9.71. The molecular weight excluding hydrogens is 210 g/mol. The Morgan fingerprint density at radius 1 is 1.24 bits per heavy atom. The second-order valence-corrected chi connectivity index (χ2v) is 6.11. The van der Waals surface area contributed by atoms with E-state index in [0.717, 1.165) is 6.42 Å². The van der Waals surface area contributed by atoms with Crippen LogP contribution in [0.15, 0.2) is 11.6 Å². The first-order valence-electron chi connectivity index (χ1n) is 7.26. The van der Waals surface area contributed by atoms with Crippen LogP contribution >= 0.6 is 0 Å². The maximum absolute atomic E-state index is 12.2. The third-order valence-corrected chi connectivity index (χ3v) is 5.02. The Labute approximate surface area is 104 Å². The predicted octanol–water partition coefficient (Wildman–Crippen LogP) is 3.04. The van der Waals surface area contributed by atoms with Gasteiger partial charge in [0.1, 0.15) is 0 Å². The van der Waals surface area contributed by atoms with E-state index in [1.54, 1.807) is 0 Å². The van der Waals surface area contributed by atoms with Crippen LogP contribution in [0.25, 0.3) is 0 Å². The molecule has 17 heavy (non-hydrogen) atoms. The average Bonchev–Trinajstić information content (AvgIpc) is 2.68. The molecule has 1 aliphatic heterocycles. The maximum Gasteiger partial charge on any atom is 0.227 e. The molecular formula is C15H23NO. The number of fused-ring (bicyclic) bond motifs is 1. The standard InChI is InChI=1S/C15H23NO/c1-10-6-5-9-12-13(15(17)16-14(10)12)11-7-3-2-4-8-11/h7,10,12-14H,2-6,8-9H2,1H3,(H,16,17). The second-order valence-electron chi connectivity index (χ2n) is 6.11. The molecule has 0 spiro atoms. The largest absolute Gasteiger partial charge is 0.352 e. The van der Waals surface area contributed by atoms with E-state index in [4.69, 9.17) is 0 Å². The van der Waals surface area contributed by atoms with Crippen LogP contribution in [0.3, 0.4) is 0 Å². The van der Waals surface area contributed by atoms with Crippen LogP contribution in [0.2, 0.25) is 0 Å². The van der Waals surface area contributed by atoms with E-state index in [-0.39, 0.29) is 5.92 Å². The monoisotopic (exact) mass is 233 g/mol. The van der Waals surface area contributed by atoms with Gasteiger partial charge >= 0.3 is 0 Å². The molecule has 94 valence electrons. The molecule has 0 aromatic heterocycles. The molecule has 0 aromatic carbocycles. The highest BCUT2D eigenvalue weighted by Gasteiger charge is 2.46. The summed E-state index contributed by atoms with van der Waals surface area (Å²) in [7, 11) is 0. The van der Waals surface area contributed by atoms with Gasteiger partial charge in [0.15, 0.2) is 0 Å². The lowest BCUT2D eigenvalue weighted by Crippen LogP contribution is -2.37. The van der Waals surface area contributed by atoms with Crippen molar-refractivity contribution in [3.05, 3.63) is 11.6 Å². The highest BCUT2D eigenvalue weighted by molar-refractivity contribution is 5.84. The van der Waals surface area contributed by atoms with Gasteiger partial charge in [-0.1, -0.05) is 25.0 Å². The first-order valence-corrected chi connectivity index (χ1v) is 7.26. The number of nitrogens with one attached hydrogen (secondary N) is 1. The van der Waals surface area contributed by atoms with E-state index in [1.165, 1.54) is 44.1 Å². The second kappa shape index (κ2) is 4.47. The zero-order valence-corrected chi connectivity index (χ0v) is 10.7. The van der Waals surface area contributed by atoms with Crippen molar-refractivity contribution in [1.29, 1.82) is 0 Å². The number of hydrogen-bond acceptors (Lipinski definition) is 1. The van der Waals surface area contributed by atoms with Gasteiger partial charge in [-0.3, -0.25) is 4.79 Å². The first kappa shape index (κ1) is 11.3. The third kappa shape index (κ3) is 1.92. The Hall–Kier alpha value is -0.790. The van der Waals surface area contributed by atoms with Gasteiger partial charge in [0, 0.05) is 6.04 Å². The quantitative estimate of drug-likeness (QED) is 0.693. The van der Waals surface area contributed by atoms with Crippen LogP contribution in [0, 0.1) is 17.8 Å². The fourth-order valence-corrected chi connectivity index (χ4v) is 4.12. The minimum atomic E-state index is 0.225. The Kier molecular flexibility index (Phi) is 2.97. The molecule has 0 aromatic rings. The predicted molar refractivity (Wildman–Crippen MR) is 68.5 cm³/mol. The van der Waals surface area contributed by atoms with Crippen LogP contribution in [-0.4, -0.2) is 11.9 Å². The smallest absolute Gasteiger partial charge is 0.227 e. The van der Waals surface area contributed by atoms with Gasteiger partial charge in [-0.25, -0.2) is 0 Å². The summed E-state index contributed by atoms with van der Waals surface area (Å²) < 4.78 is 0. The molecule has 1 saturated heterocycles. The van der Waals surface area contributed by atoms with Crippen molar-refractivity contribution in [3.63, 3.8) is 0 Å². The fourth-order valence-electron chi connectivity index (χ4n) is 4.12. The molecule has 2 fully saturated rings. The third-order valence-electron chi connectivity index (χ3n) is 5.02. The summed E-state index contributed by atoms with van der Waals surface area (Å²) in [5.74, 6) is 1.81.